The van der Waals surface area contributed by atoms with Gasteiger partial charge in [-0.1, -0.05) is 0 Å². The van der Waals surface area contributed by atoms with Gasteiger partial charge in [0.15, 0.2) is 0 Å². The van der Waals surface area contributed by atoms with Crippen LogP contribution in [0.3, 0.4) is 0 Å². The normalized spacial score (nSPS) is 18.6. The average molecular weight is 400 g/mol. The van der Waals surface area contributed by atoms with Crippen LogP contribution in [-0.4, -0.2) is 32.3 Å². The SMILES string of the molecule is CNS(=O)(=O)c1ccc2c(c1)/C(=C1\CCCc3c1[nH]c(C)c3C(N)=O)C(=O)N2. The number of aromatic nitrogens is 1. The van der Waals surface area contributed by atoms with Crippen LogP contribution >= 0.6 is 0 Å². The minimum atomic E-state index is -3.65. The third-order valence-electron chi connectivity index (χ3n) is 5.31. The molecule has 0 atom stereocenters. The number of aryl methyl sites for hydroxylation is 1. The Labute approximate surface area is 162 Å². The number of hydrogen-bond donors (Lipinski definition) is 4. The van der Waals surface area contributed by atoms with E-state index in [0.717, 1.165) is 23.3 Å². The van der Waals surface area contributed by atoms with Crippen LogP contribution in [0.4, 0.5) is 5.69 Å². The van der Waals surface area contributed by atoms with E-state index in [1.165, 1.54) is 19.2 Å². The van der Waals surface area contributed by atoms with E-state index in [4.69, 9.17) is 5.73 Å². The highest BCUT2D eigenvalue weighted by molar-refractivity contribution is 7.89. The molecule has 146 valence electrons. The first-order valence-electron chi connectivity index (χ1n) is 8.88. The zero-order valence-electron chi connectivity index (χ0n) is 15.5. The Morgan fingerprint density at radius 2 is 2.00 bits per heavy atom. The fourth-order valence-corrected chi connectivity index (χ4v) is 4.82. The number of sulfonamides is 1. The maximum absolute atomic E-state index is 12.8. The van der Waals surface area contributed by atoms with Gasteiger partial charge in [0, 0.05) is 22.6 Å². The molecule has 2 aliphatic rings. The van der Waals surface area contributed by atoms with E-state index in [1.807, 2.05) is 0 Å². The molecular weight excluding hydrogens is 380 g/mol. The van der Waals surface area contributed by atoms with Gasteiger partial charge in [-0.2, -0.15) is 0 Å². The highest BCUT2D eigenvalue weighted by Crippen LogP contribution is 2.43. The molecular formula is C19H20N4O4S. The number of aromatic amines is 1. The van der Waals surface area contributed by atoms with Gasteiger partial charge in [0.25, 0.3) is 11.8 Å². The topological polar surface area (TPSA) is 134 Å². The highest BCUT2D eigenvalue weighted by Gasteiger charge is 2.33. The van der Waals surface area contributed by atoms with Gasteiger partial charge >= 0.3 is 0 Å². The first-order chi connectivity index (χ1) is 13.2. The maximum atomic E-state index is 12.8. The summed E-state index contributed by atoms with van der Waals surface area (Å²) in [5, 5.41) is 2.80. The molecule has 1 aliphatic heterocycles. The van der Waals surface area contributed by atoms with E-state index >= 15 is 0 Å². The summed E-state index contributed by atoms with van der Waals surface area (Å²) in [6.07, 6.45) is 2.09. The highest BCUT2D eigenvalue weighted by atomic mass is 32.2. The number of benzene rings is 1. The number of hydrogen-bond acceptors (Lipinski definition) is 4. The second-order valence-corrected chi connectivity index (χ2v) is 8.81. The van der Waals surface area contributed by atoms with Crippen molar-refractivity contribution in [3.05, 3.63) is 46.3 Å². The van der Waals surface area contributed by atoms with Gasteiger partial charge in [0.1, 0.15) is 0 Å². The van der Waals surface area contributed by atoms with Gasteiger partial charge in [0.05, 0.1) is 16.0 Å². The van der Waals surface area contributed by atoms with Crippen LogP contribution in [0.25, 0.3) is 11.1 Å². The van der Waals surface area contributed by atoms with Crippen LogP contribution in [0, 0.1) is 6.92 Å². The second-order valence-electron chi connectivity index (χ2n) is 6.92. The van der Waals surface area contributed by atoms with Crippen LogP contribution in [0.5, 0.6) is 0 Å². The van der Waals surface area contributed by atoms with Crippen molar-refractivity contribution in [3.63, 3.8) is 0 Å². The number of fused-ring (bicyclic) bond motifs is 2. The van der Waals surface area contributed by atoms with E-state index in [1.54, 1.807) is 13.0 Å². The Hall–Kier alpha value is -2.91. The van der Waals surface area contributed by atoms with Crippen LogP contribution in [0.2, 0.25) is 0 Å². The van der Waals surface area contributed by atoms with Crippen molar-refractivity contribution in [3.8, 4) is 0 Å². The summed E-state index contributed by atoms with van der Waals surface area (Å²) >= 11 is 0. The summed E-state index contributed by atoms with van der Waals surface area (Å²) < 4.78 is 26.7. The zero-order chi connectivity index (χ0) is 20.2. The molecule has 2 aromatic rings. The third kappa shape index (κ3) is 2.66. The Balaban J connectivity index is 1.97. The number of nitrogens with two attached hydrogens (primary N) is 1. The summed E-state index contributed by atoms with van der Waals surface area (Å²) in [5.74, 6) is -0.787. The first-order valence-corrected chi connectivity index (χ1v) is 10.4. The predicted octanol–water partition coefficient (Wildman–Crippen LogP) is 1.53. The molecule has 0 saturated carbocycles. The van der Waals surface area contributed by atoms with Crippen LogP contribution in [0.15, 0.2) is 23.1 Å². The Kier molecular flexibility index (Phi) is 4.16. The van der Waals surface area contributed by atoms with Crippen molar-refractivity contribution in [2.75, 3.05) is 12.4 Å². The van der Waals surface area contributed by atoms with Gasteiger partial charge in [0.2, 0.25) is 10.0 Å². The van der Waals surface area contributed by atoms with Gasteiger partial charge in [-0.25, -0.2) is 13.1 Å². The molecule has 2 amide bonds. The smallest absolute Gasteiger partial charge is 0.256 e. The number of amides is 2. The Morgan fingerprint density at radius 1 is 1.25 bits per heavy atom. The first kappa shape index (κ1) is 18.5. The van der Waals surface area contributed by atoms with E-state index in [2.05, 4.69) is 15.0 Å². The summed E-state index contributed by atoms with van der Waals surface area (Å²) in [6.45, 7) is 1.78. The van der Waals surface area contributed by atoms with Crippen molar-refractivity contribution >= 4 is 38.7 Å². The standard InChI is InChI=1S/C19H20N4O4S/c1-9-15(18(20)24)11-4-3-5-12(17(11)22-9)16-13-8-10(28(26,27)21-2)6-7-14(13)23-19(16)25/h6-8,21-22H,3-5H2,1-2H3,(H2,20,24)(H,23,25)/b16-12-. The van der Waals surface area contributed by atoms with E-state index in [0.29, 0.717) is 40.9 Å². The molecule has 5 N–H and O–H groups in total. The van der Waals surface area contributed by atoms with Crippen molar-refractivity contribution in [1.82, 2.24) is 9.71 Å². The van der Waals surface area contributed by atoms with Gasteiger partial charge in [-0.05, 0) is 62.6 Å². The molecule has 0 fully saturated rings. The number of H-pyrrole nitrogens is 1. The molecule has 8 nitrogen and oxygen atoms in total. The largest absolute Gasteiger partial charge is 0.366 e. The number of carbonyl (C=O) groups is 2. The molecule has 0 unspecified atom stereocenters. The number of allylic oxidation sites excluding steroid dienone is 1. The molecule has 9 heteroatoms. The minimum absolute atomic E-state index is 0.0832. The fourth-order valence-electron chi connectivity index (χ4n) is 4.07. The van der Waals surface area contributed by atoms with Crippen molar-refractivity contribution in [2.45, 2.75) is 31.1 Å². The lowest BCUT2D eigenvalue weighted by Gasteiger charge is -2.18. The van der Waals surface area contributed by atoms with Crippen LogP contribution in [-0.2, 0) is 21.2 Å². The summed E-state index contributed by atoms with van der Waals surface area (Å²) in [4.78, 5) is 27.9. The Morgan fingerprint density at radius 3 is 2.68 bits per heavy atom. The minimum Gasteiger partial charge on any atom is -0.366 e. The van der Waals surface area contributed by atoms with E-state index in [-0.39, 0.29) is 10.8 Å². The van der Waals surface area contributed by atoms with E-state index in [9.17, 15) is 18.0 Å². The third-order valence-corrected chi connectivity index (χ3v) is 6.72. The van der Waals surface area contributed by atoms with Crippen LogP contribution in [0.1, 0.15) is 45.7 Å². The maximum Gasteiger partial charge on any atom is 0.256 e. The number of nitrogens with one attached hydrogen (secondary N) is 3. The molecule has 28 heavy (non-hydrogen) atoms. The summed E-state index contributed by atoms with van der Waals surface area (Å²) in [7, 11) is -2.31. The molecule has 1 aromatic carbocycles. The molecule has 1 aliphatic carbocycles. The molecule has 0 bridgehead atoms. The van der Waals surface area contributed by atoms with Crippen molar-refractivity contribution < 1.29 is 18.0 Å². The molecule has 0 radical (unpaired) electrons. The average Bonchev–Trinajstić information content (AvgIpc) is 3.16. The van der Waals surface area contributed by atoms with Crippen molar-refractivity contribution in [2.24, 2.45) is 5.73 Å². The molecule has 4 rings (SSSR count). The summed E-state index contributed by atoms with van der Waals surface area (Å²) in [5.41, 5.74) is 10.5. The summed E-state index contributed by atoms with van der Waals surface area (Å²) in [6, 6.07) is 4.54. The molecule has 2 heterocycles. The number of carbonyl (C=O) groups excluding carboxylic acids is 2. The lowest BCUT2D eigenvalue weighted by Crippen LogP contribution is -2.18. The predicted molar refractivity (Wildman–Crippen MR) is 105 cm³/mol. The second kappa shape index (κ2) is 6.32. The van der Waals surface area contributed by atoms with Crippen LogP contribution < -0.4 is 15.8 Å². The lowest BCUT2D eigenvalue weighted by molar-refractivity contribution is -0.110. The van der Waals surface area contributed by atoms with Gasteiger partial charge in [-0.15, -0.1) is 0 Å². The molecule has 1 aromatic heterocycles. The number of primary amides is 1. The van der Waals surface area contributed by atoms with Gasteiger partial charge in [-0.3, -0.25) is 9.59 Å². The molecule has 0 saturated heterocycles. The van der Waals surface area contributed by atoms with Crippen molar-refractivity contribution in [1.29, 1.82) is 0 Å². The Bertz CT molecular complexity index is 1170. The number of anilines is 1. The fraction of sp³-hybridized carbons (Fsp3) is 0.263. The monoisotopic (exact) mass is 400 g/mol. The zero-order valence-corrected chi connectivity index (χ0v) is 16.3. The van der Waals surface area contributed by atoms with E-state index < -0.39 is 15.9 Å². The quantitative estimate of drug-likeness (QED) is 0.581. The lowest BCUT2D eigenvalue weighted by atomic mass is 9.86. The number of rotatable bonds is 3. The van der Waals surface area contributed by atoms with Gasteiger partial charge < -0.3 is 16.0 Å². The molecule has 0 spiro atoms.